The smallest absolute Gasteiger partial charge is 0.216 e. The lowest BCUT2D eigenvalue weighted by molar-refractivity contribution is -0.662. The lowest BCUT2D eigenvalue weighted by atomic mass is 10.0. The third kappa shape index (κ3) is 8.87. The second kappa shape index (κ2) is 18.0. The lowest BCUT2D eigenvalue weighted by Crippen LogP contribution is -3.00. The van der Waals surface area contributed by atoms with Crippen molar-refractivity contribution in [2.75, 3.05) is 23.9 Å². The molecule has 0 atom stereocenters. The summed E-state index contributed by atoms with van der Waals surface area (Å²) in [4.78, 5) is 4.35. The minimum Gasteiger partial charge on any atom is -1.00 e. The van der Waals surface area contributed by atoms with Crippen LogP contribution in [-0.4, -0.2) is 14.1 Å². The van der Waals surface area contributed by atoms with Gasteiger partial charge in [0.1, 0.15) is 0 Å². The minimum atomic E-state index is 0. The van der Waals surface area contributed by atoms with Gasteiger partial charge in [-0.25, -0.2) is 0 Å². The molecule has 8 aromatic rings. The molecule has 0 bridgehead atoms. The summed E-state index contributed by atoms with van der Waals surface area (Å²) in [6.45, 7) is 1.43. The van der Waals surface area contributed by atoms with Crippen LogP contribution in [0, 0.1) is 0 Å². The fraction of sp³-hybridized carbons (Fsp3) is 0.0870. The normalized spacial score (nSPS) is 10.9. The molecule has 0 spiro atoms. The molecule has 8 rings (SSSR count). The molecule has 0 saturated carbocycles. The van der Waals surface area contributed by atoms with Crippen molar-refractivity contribution < 1.29 is 43.1 Å². The highest BCUT2D eigenvalue weighted by molar-refractivity contribution is 6.32. The van der Waals surface area contributed by atoms with E-state index in [-0.39, 0.29) is 34.0 Å². The van der Waals surface area contributed by atoms with E-state index in [9.17, 15) is 0 Å². The van der Waals surface area contributed by atoms with Gasteiger partial charge in [-0.15, -0.1) is 0 Å². The van der Waals surface area contributed by atoms with Crippen molar-refractivity contribution in [3.05, 3.63) is 189 Å². The zero-order chi connectivity index (χ0) is 37.3. The number of nitrogens with zero attached hydrogens (tertiary/aromatic N) is 4. The number of anilines is 4. The van der Waals surface area contributed by atoms with Gasteiger partial charge in [-0.2, -0.15) is 9.13 Å². The first-order chi connectivity index (χ1) is 26.2. The highest BCUT2D eigenvalue weighted by Crippen LogP contribution is 2.33. The number of pyridine rings is 2. The van der Waals surface area contributed by atoms with Crippen molar-refractivity contribution in [1.29, 1.82) is 0 Å². The Kier molecular flexibility index (Phi) is 13.3. The molecule has 0 unspecified atom stereocenters. The van der Waals surface area contributed by atoms with Crippen LogP contribution in [-0.2, 0) is 13.1 Å². The summed E-state index contributed by atoms with van der Waals surface area (Å²) in [7, 11) is 4.14. The molecule has 0 amide bonds. The number of hydrogen-bond donors (Lipinski definition) is 0. The topological polar surface area (TPSA) is 14.2 Å². The van der Waals surface area contributed by atoms with E-state index < -0.39 is 0 Å². The Labute approximate surface area is 368 Å². The average molecular weight is 946 g/mol. The molecule has 0 radical (unpaired) electrons. The SMILES string of the molecule is CN(c1ccc(Cl)cc1)c1cc[n+](Cc2ccc(-c3ccc(C[n+]4ccc(N(C)c5ccc(Cl)cc5)c5ccc(Cl)cc54)cc3)cc2)c2cc(Cl)ccc12.[Br-].[Br-]. The van der Waals surface area contributed by atoms with Crippen molar-refractivity contribution in [1.82, 2.24) is 0 Å². The molecule has 0 saturated heterocycles. The van der Waals surface area contributed by atoms with Crippen LogP contribution in [0.15, 0.2) is 158 Å². The molecule has 56 heavy (non-hydrogen) atoms. The highest BCUT2D eigenvalue weighted by Gasteiger charge is 2.19. The molecular formula is C46H36Br2Cl4N4. The second-order valence-electron chi connectivity index (χ2n) is 13.4. The van der Waals surface area contributed by atoms with Gasteiger partial charge in [-0.05, 0) is 83.9 Å². The molecule has 6 aromatic carbocycles. The van der Waals surface area contributed by atoms with Crippen LogP contribution >= 0.6 is 46.4 Å². The third-order valence-corrected chi connectivity index (χ3v) is 11.0. The number of benzene rings is 6. The molecule has 4 nitrogen and oxygen atoms in total. The summed E-state index contributed by atoms with van der Waals surface area (Å²) in [5, 5.41) is 5.08. The fourth-order valence-electron chi connectivity index (χ4n) is 7.05. The largest absolute Gasteiger partial charge is 1.00 e. The minimum absolute atomic E-state index is 0. The van der Waals surface area contributed by atoms with Gasteiger partial charge < -0.3 is 43.8 Å². The predicted molar refractivity (Wildman–Crippen MR) is 227 cm³/mol. The van der Waals surface area contributed by atoms with E-state index in [1.54, 1.807) is 0 Å². The van der Waals surface area contributed by atoms with E-state index in [1.807, 2.05) is 72.8 Å². The summed E-state index contributed by atoms with van der Waals surface area (Å²) in [5.74, 6) is 0. The Balaban J connectivity index is 0.00000266. The fourth-order valence-corrected chi connectivity index (χ4v) is 7.63. The van der Waals surface area contributed by atoms with Crippen molar-refractivity contribution in [3.8, 4) is 11.1 Å². The van der Waals surface area contributed by atoms with E-state index >= 15 is 0 Å². The second-order valence-corrected chi connectivity index (χ2v) is 15.2. The number of rotatable bonds is 9. The number of aromatic nitrogens is 2. The van der Waals surface area contributed by atoms with Crippen LogP contribution in [0.1, 0.15) is 11.1 Å². The van der Waals surface area contributed by atoms with Gasteiger partial charge in [-0.1, -0.05) is 94.9 Å². The first-order valence-corrected chi connectivity index (χ1v) is 19.1. The molecule has 0 fully saturated rings. The van der Waals surface area contributed by atoms with E-state index in [2.05, 4.69) is 118 Å². The van der Waals surface area contributed by atoms with Crippen LogP contribution in [0.4, 0.5) is 22.7 Å². The standard InChI is InChI=1S/C46H36Cl4N4.2BrH/c1-51(39-17-11-35(47)12-18-39)43-23-25-53(45-27-37(49)15-21-41(43)45)29-31-3-7-33(8-4-31)34-9-5-32(6-10-34)30-54-26-24-44(42-22-16-38(50)28-46(42)54)52(2)40-19-13-36(48)14-20-40;;/h3-28H,29-30H2,1-2H3;2*1H/q+2;;/p-2. The summed E-state index contributed by atoms with van der Waals surface area (Å²) in [5.41, 5.74) is 11.2. The van der Waals surface area contributed by atoms with Gasteiger partial charge in [0.2, 0.25) is 11.0 Å². The van der Waals surface area contributed by atoms with Gasteiger partial charge >= 0.3 is 0 Å². The molecule has 0 aliphatic heterocycles. The molecule has 2 heterocycles. The van der Waals surface area contributed by atoms with Gasteiger partial charge in [-0.3, -0.25) is 0 Å². The van der Waals surface area contributed by atoms with E-state index in [4.69, 9.17) is 46.4 Å². The van der Waals surface area contributed by atoms with Crippen LogP contribution in [0.25, 0.3) is 32.9 Å². The van der Waals surface area contributed by atoms with Crippen molar-refractivity contribution >= 4 is 91.0 Å². The van der Waals surface area contributed by atoms with E-state index in [0.717, 1.165) is 44.6 Å². The molecular weight excluding hydrogens is 910 g/mol. The van der Waals surface area contributed by atoms with E-state index in [0.29, 0.717) is 33.2 Å². The molecule has 0 N–H and O–H groups in total. The zero-order valence-electron chi connectivity index (χ0n) is 30.5. The Morgan fingerprint density at radius 2 is 0.750 bits per heavy atom. The number of hydrogen-bond acceptors (Lipinski definition) is 2. The third-order valence-electron chi connectivity index (χ3n) is 10.0. The highest BCUT2D eigenvalue weighted by atomic mass is 79.9. The maximum Gasteiger partial charge on any atom is 0.216 e. The summed E-state index contributed by atoms with van der Waals surface area (Å²) in [6.07, 6.45) is 4.27. The predicted octanol–water partition coefficient (Wildman–Crippen LogP) is 6.49. The Morgan fingerprint density at radius 1 is 0.411 bits per heavy atom. The number of halogens is 6. The molecule has 282 valence electrons. The lowest BCUT2D eigenvalue weighted by Gasteiger charge is -2.21. The van der Waals surface area contributed by atoms with Crippen LogP contribution in [0.5, 0.6) is 0 Å². The molecule has 10 heteroatoms. The average Bonchev–Trinajstić information content (AvgIpc) is 3.19. The molecule has 0 aliphatic rings. The van der Waals surface area contributed by atoms with Gasteiger partial charge in [0.25, 0.3) is 0 Å². The van der Waals surface area contributed by atoms with Gasteiger partial charge in [0, 0.05) is 81.0 Å². The van der Waals surface area contributed by atoms with E-state index in [1.165, 1.54) is 22.3 Å². The maximum absolute atomic E-state index is 6.53. The molecule has 0 aliphatic carbocycles. The van der Waals surface area contributed by atoms with Crippen molar-refractivity contribution in [2.24, 2.45) is 0 Å². The first-order valence-electron chi connectivity index (χ1n) is 17.6. The summed E-state index contributed by atoms with van der Waals surface area (Å²) >= 11 is 25.4. The Morgan fingerprint density at radius 3 is 1.11 bits per heavy atom. The number of fused-ring (bicyclic) bond motifs is 2. The van der Waals surface area contributed by atoms with Crippen LogP contribution in [0.3, 0.4) is 0 Å². The Hall–Kier alpha value is -4.14. The van der Waals surface area contributed by atoms with Gasteiger partial charge in [0.15, 0.2) is 25.5 Å². The van der Waals surface area contributed by atoms with Crippen molar-refractivity contribution in [3.63, 3.8) is 0 Å². The summed E-state index contributed by atoms with van der Waals surface area (Å²) in [6, 6.07) is 49.8. The van der Waals surface area contributed by atoms with Crippen LogP contribution < -0.4 is 52.9 Å². The zero-order valence-corrected chi connectivity index (χ0v) is 36.7. The van der Waals surface area contributed by atoms with Crippen LogP contribution in [0.2, 0.25) is 20.1 Å². The van der Waals surface area contributed by atoms with Gasteiger partial charge in [0.05, 0.1) is 22.1 Å². The first kappa shape index (κ1) is 41.5. The monoisotopic (exact) mass is 942 g/mol. The van der Waals surface area contributed by atoms with Crippen molar-refractivity contribution in [2.45, 2.75) is 13.1 Å². The Bertz CT molecular complexity index is 2440. The molecule has 2 aromatic heterocycles. The quantitative estimate of drug-likeness (QED) is 0.154. The summed E-state index contributed by atoms with van der Waals surface area (Å²) < 4.78 is 4.50. The maximum atomic E-state index is 6.53.